The van der Waals surface area contributed by atoms with Crippen LogP contribution >= 0.6 is 11.6 Å². The number of aromatic nitrogens is 2. The number of fused-ring (bicyclic) bond motifs is 1. The van der Waals surface area contributed by atoms with Gasteiger partial charge in [-0.25, -0.2) is 0 Å². The first-order valence-electron chi connectivity index (χ1n) is 6.00. The van der Waals surface area contributed by atoms with E-state index in [1.54, 1.807) is 0 Å². The van der Waals surface area contributed by atoms with Gasteiger partial charge in [-0.1, -0.05) is 6.42 Å². The molecule has 2 atom stereocenters. The van der Waals surface area contributed by atoms with Gasteiger partial charge >= 0.3 is 0 Å². The number of halogens is 1. The van der Waals surface area contributed by atoms with Crippen molar-refractivity contribution >= 4 is 17.4 Å². The lowest BCUT2D eigenvalue weighted by Gasteiger charge is -2.17. The maximum atomic E-state index is 5.70. The highest BCUT2D eigenvalue weighted by atomic mass is 35.5. The third-order valence-corrected chi connectivity index (χ3v) is 4.17. The molecule has 2 aliphatic rings. The average Bonchev–Trinajstić information content (AvgIpc) is 2.89. The quantitative estimate of drug-likeness (QED) is 0.740. The summed E-state index contributed by atoms with van der Waals surface area (Å²) >= 11 is 5.70. The van der Waals surface area contributed by atoms with E-state index in [0.717, 1.165) is 23.3 Å². The molecular formula is C12H16ClN3. The second-order valence-corrected chi connectivity index (χ2v) is 5.14. The van der Waals surface area contributed by atoms with Crippen LogP contribution in [0.25, 0.3) is 0 Å². The van der Waals surface area contributed by atoms with Gasteiger partial charge in [-0.05, 0) is 36.8 Å². The molecule has 1 aromatic rings. The largest absolute Gasteiger partial charge is 0.355 e. The lowest BCUT2D eigenvalue weighted by Crippen LogP contribution is -2.22. The molecule has 3 nitrogen and oxygen atoms in total. The molecule has 1 saturated heterocycles. The van der Waals surface area contributed by atoms with Crippen LogP contribution in [0, 0.1) is 11.8 Å². The number of alkyl halides is 1. The fourth-order valence-corrected chi connectivity index (χ4v) is 3.16. The molecule has 0 spiro atoms. The minimum atomic E-state index is 0.443. The summed E-state index contributed by atoms with van der Waals surface area (Å²) in [6.45, 7) is 2.33. The lowest BCUT2D eigenvalue weighted by atomic mass is 10.0. The molecule has 1 aliphatic heterocycles. The van der Waals surface area contributed by atoms with E-state index >= 15 is 0 Å². The summed E-state index contributed by atoms with van der Waals surface area (Å²) in [5.41, 5.74) is 0.852. The van der Waals surface area contributed by atoms with Gasteiger partial charge in [0.15, 0.2) is 5.82 Å². The van der Waals surface area contributed by atoms with E-state index in [9.17, 15) is 0 Å². The molecule has 0 aromatic carbocycles. The molecular weight excluding hydrogens is 222 g/mol. The summed E-state index contributed by atoms with van der Waals surface area (Å²) in [5.74, 6) is 3.26. The van der Waals surface area contributed by atoms with Crippen molar-refractivity contribution in [2.75, 3.05) is 18.0 Å². The molecule has 1 saturated carbocycles. The van der Waals surface area contributed by atoms with Gasteiger partial charge in [-0.15, -0.1) is 16.7 Å². The highest BCUT2D eigenvalue weighted by Crippen LogP contribution is 2.38. The van der Waals surface area contributed by atoms with Gasteiger partial charge in [0, 0.05) is 13.1 Å². The number of nitrogens with zero attached hydrogens (tertiary/aromatic N) is 3. The average molecular weight is 238 g/mol. The molecule has 0 bridgehead atoms. The summed E-state index contributed by atoms with van der Waals surface area (Å²) in [7, 11) is 0. The predicted octanol–water partition coefficient (Wildman–Crippen LogP) is 2.45. The van der Waals surface area contributed by atoms with Gasteiger partial charge in [-0.3, -0.25) is 0 Å². The molecule has 3 rings (SSSR count). The second-order valence-electron chi connectivity index (χ2n) is 4.87. The molecule has 1 aromatic heterocycles. The van der Waals surface area contributed by atoms with E-state index in [1.807, 2.05) is 12.1 Å². The minimum Gasteiger partial charge on any atom is -0.355 e. The molecule has 4 heteroatoms. The lowest BCUT2D eigenvalue weighted by molar-refractivity contribution is 0.494. The topological polar surface area (TPSA) is 29.0 Å². The van der Waals surface area contributed by atoms with Crippen molar-refractivity contribution in [2.24, 2.45) is 11.8 Å². The zero-order valence-corrected chi connectivity index (χ0v) is 10.0. The van der Waals surface area contributed by atoms with Crippen molar-refractivity contribution in [3.63, 3.8) is 0 Å². The van der Waals surface area contributed by atoms with Gasteiger partial charge in [0.25, 0.3) is 0 Å². The Morgan fingerprint density at radius 1 is 1.19 bits per heavy atom. The van der Waals surface area contributed by atoms with Crippen LogP contribution in [0.2, 0.25) is 0 Å². The van der Waals surface area contributed by atoms with Crippen molar-refractivity contribution in [2.45, 2.75) is 25.1 Å². The molecule has 2 fully saturated rings. The maximum Gasteiger partial charge on any atom is 0.151 e. The standard InChI is InChI=1S/C12H16ClN3/c13-6-11-4-5-12(15-14-11)16-7-9-2-1-3-10(9)8-16/h4-5,9-10H,1-3,6-8H2. The molecule has 2 unspecified atom stereocenters. The van der Waals surface area contributed by atoms with Crippen LogP contribution in [0.15, 0.2) is 12.1 Å². The zero-order chi connectivity index (χ0) is 11.0. The molecule has 16 heavy (non-hydrogen) atoms. The van der Waals surface area contributed by atoms with Gasteiger partial charge in [0.2, 0.25) is 0 Å². The molecule has 2 heterocycles. The molecule has 1 aliphatic carbocycles. The second kappa shape index (κ2) is 4.21. The van der Waals surface area contributed by atoms with Gasteiger partial charge in [0.05, 0.1) is 11.6 Å². The Kier molecular flexibility index (Phi) is 2.72. The van der Waals surface area contributed by atoms with Crippen LogP contribution in [0.5, 0.6) is 0 Å². The van der Waals surface area contributed by atoms with Crippen LogP contribution < -0.4 is 4.90 Å². The Bertz CT molecular complexity index is 353. The molecule has 0 amide bonds. The fraction of sp³-hybridized carbons (Fsp3) is 0.667. The van der Waals surface area contributed by atoms with Crippen molar-refractivity contribution in [1.82, 2.24) is 10.2 Å². The first kappa shape index (κ1) is 10.3. The van der Waals surface area contributed by atoms with Crippen LogP contribution in [0.1, 0.15) is 25.0 Å². The number of hydrogen-bond donors (Lipinski definition) is 0. The Morgan fingerprint density at radius 2 is 1.94 bits per heavy atom. The van der Waals surface area contributed by atoms with E-state index < -0.39 is 0 Å². The smallest absolute Gasteiger partial charge is 0.151 e. The van der Waals surface area contributed by atoms with E-state index in [0.29, 0.717) is 5.88 Å². The minimum absolute atomic E-state index is 0.443. The number of anilines is 1. The van der Waals surface area contributed by atoms with Crippen molar-refractivity contribution < 1.29 is 0 Å². The summed E-state index contributed by atoms with van der Waals surface area (Å²) in [6.07, 6.45) is 4.21. The van der Waals surface area contributed by atoms with Gasteiger partial charge in [-0.2, -0.15) is 5.10 Å². The highest BCUT2D eigenvalue weighted by molar-refractivity contribution is 6.16. The normalized spacial score (nSPS) is 28.4. The maximum absolute atomic E-state index is 5.70. The fourth-order valence-electron chi connectivity index (χ4n) is 3.01. The van der Waals surface area contributed by atoms with Crippen LogP contribution in [0.4, 0.5) is 5.82 Å². The Labute approximate surface area is 101 Å². The van der Waals surface area contributed by atoms with Crippen LogP contribution in [0.3, 0.4) is 0 Å². The summed E-state index contributed by atoms with van der Waals surface area (Å²) in [4.78, 5) is 2.37. The SMILES string of the molecule is ClCc1ccc(N2CC3CCCC3C2)nn1. The monoisotopic (exact) mass is 237 g/mol. The van der Waals surface area contributed by atoms with E-state index in [4.69, 9.17) is 11.6 Å². The summed E-state index contributed by atoms with van der Waals surface area (Å²) < 4.78 is 0. The third kappa shape index (κ3) is 1.77. The van der Waals surface area contributed by atoms with Crippen LogP contribution in [-0.4, -0.2) is 23.3 Å². The van der Waals surface area contributed by atoms with Crippen LogP contribution in [-0.2, 0) is 5.88 Å². The highest BCUT2D eigenvalue weighted by Gasteiger charge is 2.36. The zero-order valence-electron chi connectivity index (χ0n) is 9.27. The van der Waals surface area contributed by atoms with Crippen molar-refractivity contribution in [1.29, 1.82) is 0 Å². The molecule has 0 radical (unpaired) electrons. The Hall–Kier alpha value is -0.830. The van der Waals surface area contributed by atoms with E-state index in [-0.39, 0.29) is 0 Å². The van der Waals surface area contributed by atoms with Crippen molar-refractivity contribution in [3.05, 3.63) is 17.8 Å². The first-order valence-corrected chi connectivity index (χ1v) is 6.54. The number of hydrogen-bond acceptors (Lipinski definition) is 3. The third-order valence-electron chi connectivity index (χ3n) is 3.89. The van der Waals surface area contributed by atoms with E-state index in [1.165, 1.54) is 32.4 Å². The Balaban J connectivity index is 1.73. The van der Waals surface area contributed by atoms with Gasteiger partial charge < -0.3 is 4.90 Å². The van der Waals surface area contributed by atoms with Crippen molar-refractivity contribution in [3.8, 4) is 0 Å². The number of rotatable bonds is 2. The molecule has 86 valence electrons. The van der Waals surface area contributed by atoms with Gasteiger partial charge in [0.1, 0.15) is 0 Å². The first-order chi connectivity index (χ1) is 7.86. The summed E-state index contributed by atoms with van der Waals surface area (Å²) in [6, 6.07) is 4.02. The van der Waals surface area contributed by atoms with E-state index in [2.05, 4.69) is 15.1 Å². The molecule has 0 N–H and O–H groups in total. The summed E-state index contributed by atoms with van der Waals surface area (Å²) in [5, 5.41) is 8.36. The Morgan fingerprint density at radius 3 is 2.50 bits per heavy atom. The predicted molar refractivity (Wildman–Crippen MR) is 64.6 cm³/mol.